The van der Waals surface area contributed by atoms with Crippen molar-refractivity contribution < 1.29 is 13.2 Å². The minimum absolute atomic E-state index is 0.0596. The van der Waals surface area contributed by atoms with Gasteiger partial charge in [0.25, 0.3) is 10.2 Å². The van der Waals surface area contributed by atoms with Crippen LogP contribution in [0, 0.1) is 5.92 Å². The molecule has 0 bridgehead atoms. The fraction of sp³-hybridized carbons (Fsp3) is 1.00. The number of ether oxygens (including phenoxy) is 1. The molecule has 1 aliphatic heterocycles. The number of hydrogen-bond acceptors (Lipinski definition) is 4. The Labute approximate surface area is 97.3 Å². The second-order valence-corrected chi connectivity index (χ2v) is 5.90. The fourth-order valence-electron chi connectivity index (χ4n) is 1.29. The molecule has 1 unspecified atom stereocenters. The molecule has 0 spiro atoms. The molecular formula is C9H21N3O3S. The third-order valence-electron chi connectivity index (χ3n) is 2.20. The summed E-state index contributed by atoms with van der Waals surface area (Å²) in [5, 5.41) is 3.18. The summed E-state index contributed by atoms with van der Waals surface area (Å²) in [5.41, 5.74) is 0. The molecule has 3 N–H and O–H groups in total. The molecule has 0 radical (unpaired) electrons. The first-order chi connectivity index (χ1) is 7.49. The van der Waals surface area contributed by atoms with Gasteiger partial charge in [0.05, 0.1) is 13.2 Å². The van der Waals surface area contributed by atoms with Gasteiger partial charge >= 0.3 is 0 Å². The summed E-state index contributed by atoms with van der Waals surface area (Å²) >= 11 is 0. The molecule has 1 atom stereocenters. The Hall–Kier alpha value is -0.210. The Morgan fingerprint density at radius 3 is 2.75 bits per heavy atom. The highest BCUT2D eigenvalue weighted by molar-refractivity contribution is 7.87. The SMILES string of the molecule is CC(C)CNS(=O)(=O)NCC1COCCN1. The van der Waals surface area contributed by atoms with Gasteiger partial charge in [-0.05, 0) is 5.92 Å². The van der Waals surface area contributed by atoms with Crippen LogP contribution < -0.4 is 14.8 Å². The van der Waals surface area contributed by atoms with Crippen molar-refractivity contribution in [2.45, 2.75) is 19.9 Å². The van der Waals surface area contributed by atoms with E-state index in [1.165, 1.54) is 0 Å². The molecule has 0 amide bonds. The van der Waals surface area contributed by atoms with Crippen LogP contribution in [-0.4, -0.2) is 47.3 Å². The molecule has 0 aromatic carbocycles. The van der Waals surface area contributed by atoms with Gasteiger partial charge in [0.2, 0.25) is 0 Å². The van der Waals surface area contributed by atoms with Gasteiger partial charge in [0, 0.05) is 25.7 Å². The smallest absolute Gasteiger partial charge is 0.276 e. The van der Waals surface area contributed by atoms with Gasteiger partial charge in [0.1, 0.15) is 0 Å². The van der Waals surface area contributed by atoms with Gasteiger partial charge in [-0.25, -0.2) is 9.44 Å². The Morgan fingerprint density at radius 1 is 1.44 bits per heavy atom. The highest BCUT2D eigenvalue weighted by atomic mass is 32.2. The zero-order valence-corrected chi connectivity index (χ0v) is 10.6. The van der Waals surface area contributed by atoms with Crippen LogP contribution >= 0.6 is 0 Å². The summed E-state index contributed by atoms with van der Waals surface area (Å²) in [5.74, 6) is 0.299. The van der Waals surface area contributed by atoms with Crippen LogP contribution in [0.4, 0.5) is 0 Å². The zero-order chi connectivity index (χ0) is 12.0. The topological polar surface area (TPSA) is 79.5 Å². The van der Waals surface area contributed by atoms with Crippen molar-refractivity contribution in [2.75, 3.05) is 32.8 Å². The van der Waals surface area contributed by atoms with Crippen LogP contribution in [0.1, 0.15) is 13.8 Å². The molecule has 16 heavy (non-hydrogen) atoms. The summed E-state index contributed by atoms with van der Waals surface area (Å²) < 4.78 is 33.2. The minimum atomic E-state index is -3.37. The van der Waals surface area contributed by atoms with Crippen molar-refractivity contribution in [3.05, 3.63) is 0 Å². The van der Waals surface area contributed by atoms with Gasteiger partial charge in [-0.2, -0.15) is 8.42 Å². The third kappa shape index (κ3) is 5.76. The molecule has 0 aliphatic carbocycles. The van der Waals surface area contributed by atoms with Crippen LogP contribution in [0.5, 0.6) is 0 Å². The normalized spacial score (nSPS) is 22.6. The first-order valence-corrected chi connectivity index (χ1v) is 7.03. The van der Waals surface area contributed by atoms with E-state index >= 15 is 0 Å². The quantitative estimate of drug-likeness (QED) is 0.569. The van der Waals surface area contributed by atoms with E-state index in [4.69, 9.17) is 4.74 Å². The lowest BCUT2D eigenvalue weighted by atomic mass is 10.2. The fourth-order valence-corrected chi connectivity index (χ4v) is 2.36. The highest BCUT2D eigenvalue weighted by Gasteiger charge is 2.16. The summed E-state index contributed by atoms with van der Waals surface area (Å²) in [6.07, 6.45) is 0. The summed E-state index contributed by atoms with van der Waals surface area (Å²) in [6, 6.07) is 0.0596. The van der Waals surface area contributed by atoms with E-state index in [0.29, 0.717) is 32.2 Å². The molecule has 96 valence electrons. The number of hydrogen-bond donors (Lipinski definition) is 3. The third-order valence-corrected chi connectivity index (χ3v) is 3.29. The molecule has 1 rings (SSSR count). The summed E-state index contributed by atoms with van der Waals surface area (Å²) in [4.78, 5) is 0. The van der Waals surface area contributed by atoms with Crippen LogP contribution in [0.3, 0.4) is 0 Å². The molecule has 7 heteroatoms. The van der Waals surface area contributed by atoms with Crippen LogP contribution in [-0.2, 0) is 14.9 Å². The Kier molecular flexibility index (Phi) is 5.63. The Balaban J connectivity index is 2.24. The lowest BCUT2D eigenvalue weighted by Crippen LogP contribution is -2.50. The monoisotopic (exact) mass is 251 g/mol. The van der Waals surface area contributed by atoms with E-state index in [-0.39, 0.29) is 6.04 Å². The zero-order valence-electron chi connectivity index (χ0n) is 9.82. The number of nitrogens with one attached hydrogen (secondary N) is 3. The number of morpholine rings is 1. The van der Waals surface area contributed by atoms with Crippen molar-refractivity contribution in [1.29, 1.82) is 0 Å². The molecule has 1 aliphatic rings. The lowest BCUT2D eigenvalue weighted by Gasteiger charge is -2.24. The van der Waals surface area contributed by atoms with E-state index in [0.717, 1.165) is 6.54 Å². The Morgan fingerprint density at radius 2 is 2.19 bits per heavy atom. The second kappa shape index (κ2) is 6.51. The predicted molar refractivity (Wildman–Crippen MR) is 62.4 cm³/mol. The lowest BCUT2D eigenvalue weighted by molar-refractivity contribution is 0.0783. The van der Waals surface area contributed by atoms with E-state index in [1.807, 2.05) is 13.8 Å². The maximum absolute atomic E-state index is 11.5. The van der Waals surface area contributed by atoms with Crippen LogP contribution in [0.2, 0.25) is 0 Å². The minimum Gasteiger partial charge on any atom is -0.378 e. The van der Waals surface area contributed by atoms with E-state index in [1.54, 1.807) is 0 Å². The first-order valence-electron chi connectivity index (χ1n) is 5.55. The van der Waals surface area contributed by atoms with Crippen LogP contribution in [0.15, 0.2) is 0 Å². The van der Waals surface area contributed by atoms with Gasteiger partial charge in [-0.15, -0.1) is 0 Å². The van der Waals surface area contributed by atoms with Crippen molar-refractivity contribution in [3.63, 3.8) is 0 Å². The average Bonchev–Trinajstić information content (AvgIpc) is 2.26. The van der Waals surface area contributed by atoms with E-state index < -0.39 is 10.2 Å². The predicted octanol–water partition coefficient (Wildman–Crippen LogP) is -0.945. The standard InChI is InChI=1S/C9H21N3O3S/c1-8(2)5-11-16(13,14)12-6-9-7-15-4-3-10-9/h8-12H,3-7H2,1-2H3. The molecular weight excluding hydrogens is 230 g/mol. The van der Waals surface area contributed by atoms with Crippen molar-refractivity contribution in [1.82, 2.24) is 14.8 Å². The van der Waals surface area contributed by atoms with Crippen molar-refractivity contribution >= 4 is 10.2 Å². The van der Waals surface area contributed by atoms with Crippen LogP contribution in [0.25, 0.3) is 0 Å². The summed E-state index contributed by atoms with van der Waals surface area (Å²) in [7, 11) is -3.37. The number of rotatable bonds is 6. The highest BCUT2D eigenvalue weighted by Crippen LogP contribution is 1.93. The maximum atomic E-state index is 11.5. The molecule has 1 fully saturated rings. The Bertz CT molecular complexity index is 286. The van der Waals surface area contributed by atoms with E-state index in [9.17, 15) is 8.42 Å². The van der Waals surface area contributed by atoms with Gasteiger partial charge in [-0.3, -0.25) is 0 Å². The van der Waals surface area contributed by atoms with Gasteiger partial charge in [-0.1, -0.05) is 13.8 Å². The van der Waals surface area contributed by atoms with Gasteiger partial charge < -0.3 is 10.1 Å². The molecule has 1 heterocycles. The maximum Gasteiger partial charge on any atom is 0.276 e. The molecule has 0 aromatic heterocycles. The van der Waals surface area contributed by atoms with E-state index in [2.05, 4.69) is 14.8 Å². The second-order valence-electron chi connectivity index (χ2n) is 4.32. The first kappa shape index (κ1) is 13.9. The largest absolute Gasteiger partial charge is 0.378 e. The molecule has 6 nitrogen and oxygen atoms in total. The average molecular weight is 251 g/mol. The molecule has 0 saturated carbocycles. The van der Waals surface area contributed by atoms with Gasteiger partial charge in [0.15, 0.2) is 0 Å². The summed E-state index contributed by atoms with van der Waals surface area (Å²) in [6.45, 7) is 6.73. The van der Waals surface area contributed by atoms with Crippen molar-refractivity contribution in [2.24, 2.45) is 5.92 Å². The molecule has 0 aromatic rings. The molecule has 1 saturated heterocycles. The van der Waals surface area contributed by atoms with Crippen molar-refractivity contribution in [3.8, 4) is 0 Å².